The summed E-state index contributed by atoms with van der Waals surface area (Å²) in [5, 5.41) is 18.4. The third kappa shape index (κ3) is 4.04. The second-order valence-corrected chi connectivity index (χ2v) is 3.07. The highest BCUT2D eigenvalue weighted by molar-refractivity contribution is 6.29. The number of halogens is 1. The second-order valence-electron chi connectivity index (χ2n) is 2.68. The Morgan fingerprint density at radius 2 is 2.29 bits per heavy atom. The quantitative estimate of drug-likeness (QED) is 0.743. The number of rotatable bonds is 4. The van der Waals surface area contributed by atoms with Crippen molar-refractivity contribution in [3.63, 3.8) is 0 Å². The zero-order chi connectivity index (χ0) is 10.4. The Balaban J connectivity index is 2.25. The number of hydrogen-bond donors (Lipinski definition) is 2. The summed E-state index contributed by atoms with van der Waals surface area (Å²) in [7, 11) is 0. The van der Waals surface area contributed by atoms with E-state index in [0.29, 0.717) is 24.5 Å². The minimum absolute atomic E-state index is 0.359. The first-order valence-electron chi connectivity index (χ1n) is 4.13. The van der Waals surface area contributed by atoms with Gasteiger partial charge >= 0.3 is 6.09 Å². The molecule has 1 amide bonds. The molecule has 2 N–H and O–H groups in total. The van der Waals surface area contributed by atoms with E-state index < -0.39 is 6.09 Å². The Hall–Kier alpha value is -1.36. The molecule has 1 aromatic heterocycles. The van der Waals surface area contributed by atoms with Crippen LogP contribution in [0.15, 0.2) is 12.1 Å². The molecule has 1 aromatic rings. The van der Waals surface area contributed by atoms with E-state index in [1.165, 1.54) is 0 Å². The average Bonchev–Trinajstić information content (AvgIpc) is 2.15. The Morgan fingerprint density at radius 1 is 1.50 bits per heavy atom. The molecule has 1 heterocycles. The molecule has 0 aliphatic heterocycles. The fourth-order valence-corrected chi connectivity index (χ4v) is 1.04. The Morgan fingerprint density at radius 3 is 2.86 bits per heavy atom. The van der Waals surface area contributed by atoms with Crippen LogP contribution in [0.4, 0.5) is 4.79 Å². The van der Waals surface area contributed by atoms with Crippen molar-refractivity contribution < 1.29 is 9.90 Å². The molecule has 0 unspecified atom stereocenters. The summed E-state index contributed by atoms with van der Waals surface area (Å²) >= 11 is 5.55. The molecule has 0 saturated heterocycles. The smallest absolute Gasteiger partial charge is 0.404 e. The summed E-state index contributed by atoms with van der Waals surface area (Å²) in [4.78, 5) is 10.1. The van der Waals surface area contributed by atoms with Crippen LogP contribution in [0.25, 0.3) is 0 Å². The SMILES string of the molecule is O=C(O)NCCCc1ccc(Cl)nn1. The van der Waals surface area contributed by atoms with Gasteiger partial charge in [0.05, 0.1) is 5.69 Å². The van der Waals surface area contributed by atoms with Gasteiger partial charge in [-0.2, -0.15) is 5.10 Å². The molecular weight excluding hydrogens is 206 g/mol. The normalized spacial score (nSPS) is 9.79. The van der Waals surface area contributed by atoms with Crippen LogP contribution in [0.3, 0.4) is 0 Å². The van der Waals surface area contributed by atoms with E-state index in [9.17, 15) is 4.79 Å². The third-order valence-corrected chi connectivity index (χ3v) is 1.77. The molecule has 0 aliphatic rings. The number of nitrogens with zero attached hydrogens (tertiary/aromatic N) is 2. The number of hydrogen-bond acceptors (Lipinski definition) is 3. The van der Waals surface area contributed by atoms with Gasteiger partial charge in [0.1, 0.15) is 0 Å². The van der Waals surface area contributed by atoms with Crippen LogP contribution in [0, 0.1) is 0 Å². The first-order chi connectivity index (χ1) is 6.68. The lowest BCUT2D eigenvalue weighted by molar-refractivity contribution is 0.194. The monoisotopic (exact) mass is 215 g/mol. The van der Waals surface area contributed by atoms with E-state index in [1.54, 1.807) is 12.1 Å². The molecule has 0 atom stereocenters. The van der Waals surface area contributed by atoms with Crippen molar-refractivity contribution in [1.82, 2.24) is 15.5 Å². The molecule has 5 nitrogen and oxygen atoms in total. The lowest BCUT2D eigenvalue weighted by atomic mass is 10.2. The minimum Gasteiger partial charge on any atom is -0.465 e. The lowest BCUT2D eigenvalue weighted by Gasteiger charge is -2.00. The van der Waals surface area contributed by atoms with E-state index in [2.05, 4.69) is 15.5 Å². The van der Waals surface area contributed by atoms with Gasteiger partial charge in [-0.1, -0.05) is 11.6 Å². The summed E-state index contributed by atoms with van der Waals surface area (Å²) in [6.45, 7) is 0.416. The Labute approximate surface area is 86.1 Å². The van der Waals surface area contributed by atoms with Gasteiger partial charge in [-0.3, -0.25) is 0 Å². The summed E-state index contributed by atoms with van der Waals surface area (Å²) in [6, 6.07) is 3.44. The first kappa shape index (κ1) is 10.7. The predicted octanol–water partition coefficient (Wildman–Crippen LogP) is 1.33. The zero-order valence-corrected chi connectivity index (χ0v) is 8.16. The number of carbonyl (C=O) groups is 1. The molecule has 76 valence electrons. The third-order valence-electron chi connectivity index (χ3n) is 1.57. The van der Waals surface area contributed by atoms with Gasteiger partial charge < -0.3 is 10.4 Å². The van der Waals surface area contributed by atoms with Gasteiger partial charge in [-0.15, -0.1) is 5.10 Å². The Kier molecular flexibility index (Phi) is 4.12. The van der Waals surface area contributed by atoms with Crippen molar-refractivity contribution in [2.75, 3.05) is 6.54 Å². The molecule has 0 fully saturated rings. The predicted molar refractivity (Wildman–Crippen MR) is 51.4 cm³/mol. The molecule has 1 rings (SSSR count). The van der Waals surface area contributed by atoms with Crippen molar-refractivity contribution in [1.29, 1.82) is 0 Å². The van der Waals surface area contributed by atoms with Crippen LogP contribution in [0.2, 0.25) is 5.15 Å². The van der Waals surface area contributed by atoms with Crippen LogP contribution >= 0.6 is 11.6 Å². The largest absolute Gasteiger partial charge is 0.465 e. The first-order valence-corrected chi connectivity index (χ1v) is 4.51. The van der Waals surface area contributed by atoms with E-state index in [0.717, 1.165) is 5.69 Å². The second kappa shape index (κ2) is 5.39. The highest BCUT2D eigenvalue weighted by Crippen LogP contribution is 2.03. The molecule has 14 heavy (non-hydrogen) atoms. The van der Waals surface area contributed by atoms with Crippen molar-refractivity contribution in [3.8, 4) is 0 Å². The van der Waals surface area contributed by atoms with Gasteiger partial charge in [0.25, 0.3) is 0 Å². The van der Waals surface area contributed by atoms with Gasteiger partial charge in [-0.05, 0) is 25.0 Å². The lowest BCUT2D eigenvalue weighted by Crippen LogP contribution is -2.22. The molecular formula is C8H10ClN3O2. The molecule has 6 heteroatoms. The maximum Gasteiger partial charge on any atom is 0.404 e. The molecule has 0 radical (unpaired) electrons. The van der Waals surface area contributed by atoms with Crippen molar-refractivity contribution in [2.45, 2.75) is 12.8 Å². The molecule has 0 spiro atoms. The maximum absolute atomic E-state index is 10.1. The highest BCUT2D eigenvalue weighted by Gasteiger charge is 1.97. The topological polar surface area (TPSA) is 75.1 Å². The van der Waals surface area contributed by atoms with Crippen LogP contribution < -0.4 is 5.32 Å². The van der Waals surface area contributed by atoms with Crippen LogP contribution in [0.1, 0.15) is 12.1 Å². The van der Waals surface area contributed by atoms with Crippen LogP contribution in [-0.4, -0.2) is 27.9 Å². The standard InChI is InChI=1S/C8H10ClN3O2/c9-7-4-3-6(11-12-7)2-1-5-10-8(13)14/h3-4,10H,1-2,5H2,(H,13,14). The number of nitrogens with one attached hydrogen (secondary N) is 1. The van der Waals surface area contributed by atoms with Gasteiger partial charge in [0.15, 0.2) is 5.15 Å². The summed E-state index contributed by atoms with van der Waals surface area (Å²) in [6.07, 6.45) is 0.375. The highest BCUT2D eigenvalue weighted by atomic mass is 35.5. The van der Waals surface area contributed by atoms with Gasteiger partial charge in [-0.25, -0.2) is 4.79 Å². The van der Waals surface area contributed by atoms with Crippen molar-refractivity contribution in [3.05, 3.63) is 23.0 Å². The molecule has 0 bridgehead atoms. The van der Waals surface area contributed by atoms with Crippen molar-refractivity contribution in [2.24, 2.45) is 0 Å². The van der Waals surface area contributed by atoms with E-state index in [4.69, 9.17) is 16.7 Å². The summed E-state index contributed by atoms with van der Waals surface area (Å²) in [5.41, 5.74) is 0.807. The maximum atomic E-state index is 10.1. The number of aromatic nitrogens is 2. The minimum atomic E-state index is -1.01. The zero-order valence-electron chi connectivity index (χ0n) is 7.40. The number of carboxylic acid groups (broad SMARTS) is 1. The molecule has 0 saturated carbocycles. The van der Waals surface area contributed by atoms with E-state index in [-0.39, 0.29) is 0 Å². The summed E-state index contributed by atoms with van der Waals surface area (Å²) < 4.78 is 0. The molecule has 0 aliphatic carbocycles. The van der Waals surface area contributed by atoms with Crippen LogP contribution in [0.5, 0.6) is 0 Å². The summed E-state index contributed by atoms with van der Waals surface area (Å²) in [5.74, 6) is 0. The fourth-order valence-electron chi connectivity index (χ4n) is 0.942. The number of amides is 1. The van der Waals surface area contributed by atoms with Gasteiger partial charge in [0, 0.05) is 6.54 Å². The fraction of sp³-hybridized carbons (Fsp3) is 0.375. The van der Waals surface area contributed by atoms with E-state index in [1.807, 2.05) is 0 Å². The Bertz CT molecular complexity index is 302. The van der Waals surface area contributed by atoms with E-state index >= 15 is 0 Å². The van der Waals surface area contributed by atoms with Crippen molar-refractivity contribution >= 4 is 17.7 Å². The van der Waals surface area contributed by atoms with Gasteiger partial charge in [0.2, 0.25) is 0 Å². The number of aryl methyl sites for hydroxylation is 1. The average molecular weight is 216 g/mol. The molecule has 0 aromatic carbocycles. The van der Waals surface area contributed by atoms with Crippen LogP contribution in [-0.2, 0) is 6.42 Å².